The molecule has 7 heteroatoms. The molecule has 0 saturated carbocycles. The van der Waals surface area contributed by atoms with E-state index in [0.717, 1.165) is 11.4 Å². The molecule has 110 valence electrons. The third-order valence-corrected chi connectivity index (χ3v) is 3.08. The summed E-state index contributed by atoms with van der Waals surface area (Å²) in [5.41, 5.74) is 0.824. The van der Waals surface area contributed by atoms with Gasteiger partial charge < -0.3 is 29.6 Å². The predicted molar refractivity (Wildman–Crippen MR) is 79.2 cm³/mol. The van der Waals surface area contributed by atoms with E-state index in [-0.39, 0.29) is 19.1 Å². The largest absolute Gasteiger partial charge is 0.454 e. The first-order valence-corrected chi connectivity index (χ1v) is 6.57. The second-order valence-electron chi connectivity index (χ2n) is 4.29. The highest BCUT2D eigenvalue weighted by Crippen LogP contribution is 2.34. The van der Waals surface area contributed by atoms with Crippen molar-refractivity contribution in [2.75, 3.05) is 26.3 Å². The molecule has 0 radical (unpaired) electrons. The monoisotopic (exact) mass is 298 g/mol. The van der Waals surface area contributed by atoms with E-state index in [4.69, 9.17) is 31.2 Å². The summed E-state index contributed by atoms with van der Waals surface area (Å²) < 4.78 is 20.9. The molecule has 6 nitrogen and oxygen atoms in total. The Bertz CT molecular complexity index is 479. The van der Waals surface area contributed by atoms with Crippen molar-refractivity contribution in [3.8, 4) is 11.5 Å². The molecular weight excluding hydrogens is 280 g/mol. The normalized spacial score (nSPS) is 14.2. The maximum Gasteiger partial charge on any atom is 0.231 e. The topological polar surface area (TPSA) is 61.0 Å². The number of thiocarbonyl (C=S) groups is 1. The Hall–Kier alpha value is -1.57. The molecule has 0 aliphatic carbocycles. The number of hydrogen-bond acceptors (Lipinski definition) is 5. The van der Waals surface area contributed by atoms with Crippen LogP contribution in [0.15, 0.2) is 18.2 Å². The highest BCUT2D eigenvalue weighted by molar-refractivity contribution is 7.80. The number of anilines is 1. The standard InChI is InChI=1S/C13H18N2O4S/c1-8(12(16-2)17-3)14-13(20)15-9-4-5-10-11(6-9)19-7-18-10/h4-6,8,12H,7H2,1-3H3,(H2,14,15,20). The molecule has 2 rings (SSSR count). The van der Waals surface area contributed by atoms with Gasteiger partial charge in [0.15, 0.2) is 22.9 Å². The third kappa shape index (κ3) is 3.50. The zero-order valence-electron chi connectivity index (χ0n) is 11.6. The lowest BCUT2D eigenvalue weighted by molar-refractivity contribution is -0.116. The maximum atomic E-state index is 5.31. The maximum absolute atomic E-state index is 5.31. The molecule has 0 spiro atoms. The van der Waals surface area contributed by atoms with Crippen molar-refractivity contribution in [3.05, 3.63) is 18.2 Å². The summed E-state index contributed by atoms with van der Waals surface area (Å²) in [5, 5.41) is 6.66. The molecule has 0 amide bonds. The summed E-state index contributed by atoms with van der Waals surface area (Å²) in [7, 11) is 3.17. The van der Waals surface area contributed by atoms with E-state index >= 15 is 0 Å². The number of ether oxygens (including phenoxy) is 4. The average molecular weight is 298 g/mol. The van der Waals surface area contributed by atoms with Gasteiger partial charge in [0.2, 0.25) is 6.79 Å². The molecule has 2 N–H and O–H groups in total. The SMILES string of the molecule is COC(OC)C(C)NC(=S)Nc1ccc2c(c1)OCO2. The summed E-state index contributed by atoms with van der Waals surface area (Å²) in [6.07, 6.45) is -0.369. The van der Waals surface area contributed by atoms with Crippen LogP contribution in [0, 0.1) is 0 Å². The van der Waals surface area contributed by atoms with Crippen molar-refractivity contribution < 1.29 is 18.9 Å². The summed E-state index contributed by atoms with van der Waals surface area (Å²) in [6, 6.07) is 5.46. The molecule has 1 heterocycles. The summed E-state index contributed by atoms with van der Waals surface area (Å²) in [4.78, 5) is 0. The minimum atomic E-state index is -0.369. The first-order valence-electron chi connectivity index (χ1n) is 6.17. The number of benzene rings is 1. The van der Waals surface area contributed by atoms with Gasteiger partial charge >= 0.3 is 0 Å². The van der Waals surface area contributed by atoms with Gasteiger partial charge in [-0.25, -0.2) is 0 Å². The van der Waals surface area contributed by atoms with E-state index < -0.39 is 0 Å². The molecule has 0 fully saturated rings. The lowest BCUT2D eigenvalue weighted by Gasteiger charge is -2.23. The summed E-state index contributed by atoms with van der Waals surface area (Å²) in [5.74, 6) is 1.44. The van der Waals surface area contributed by atoms with Crippen LogP contribution >= 0.6 is 12.2 Å². The molecule has 0 saturated heterocycles. The van der Waals surface area contributed by atoms with Crippen LogP contribution < -0.4 is 20.1 Å². The second-order valence-corrected chi connectivity index (χ2v) is 4.70. The van der Waals surface area contributed by atoms with Crippen LogP contribution in [-0.2, 0) is 9.47 Å². The zero-order chi connectivity index (χ0) is 14.5. The van der Waals surface area contributed by atoms with E-state index in [1.807, 2.05) is 25.1 Å². The van der Waals surface area contributed by atoms with Crippen LogP contribution in [0.3, 0.4) is 0 Å². The minimum absolute atomic E-state index is 0.0842. The van der Waals surface area contributed by atoms with Gasteiger partial charge in [-0.15, -0.1) is 0 Å². The van der Waals surface area contributed by atoms with Gasteiger partial charge in [0.25, 0.3) is 0 Å². The van der Waals surface area contributed by atoms with E-state index in [9.17, 15) is 0 Å². The molecule has 1 unspecified atom stereocenters. The number of nitrogens with one attached hydrogen (secondary N) is 2. The van der Waals surface area contributed by atoms with Crippen LogP contribution in [0.5, 0.6) is 11.5 Å². The smallest absolute Gasteiger partial charge is 0.231 e. The second kappa shape index (κ2) is 6.74. The molecule has 1 aliphatic rings. The lowest BCUT2D eigenvalue weighted by atomic mass is 10.3. The first kappa shape index (κ1) is 14.8. The number of fused-ring (bicyclic) bond motifs is 1. The van der Waals surface area contributed by atoms with E-state index in [0.29, 0.717) is 10.9 Å². The Morgan fingerprint density at radius 1 is 1.25 bits per heavy atom. The number of hydrogen-bond donors (Lipinski definition) is 2. The van der Waals surface area contributed by atoms with Crippen molar-refractivity contribution in [3.63, 3.8) is 0 Å². The fraction of sp³-hybridized carbons (Fsp3) is 0.462. The Morgan fingerprint density at radius 3 is 2.65 bits per heavy atom. The molecule has 1 atom stereocenters. The van der Waals surface area contributed by atoms with Gasteiger partial charge in [-0.2, -0.15) is 0 Å². The highest BCUT2D eigenvalue weighted by atomic mass is 32.1. The molecule has 1 aliphatic heterocycles. The molecule has 0 aromatic heterocycles. The molecular formula is C13H18N2O4S. The lowest BCUT2D eigenvalue weighted by Crippen LogP contribution is -2.44. The van der Waals surface area contributed by atoms with E-state index in [1.54, 1.807) is 14.2 Å². The zero-order valence-corrected chi connectivity index (χ0v) is 12.5. The van der Waals surface area contributed by atoms with Crippen molar-refractivity contribution in [2.45, 2.75) is 19.3 Å². The molecule has 1 aromatic carbocycles. The van der Waals surface area contributed by atoms with Crippen LogP contribution in [0.25, 0.3) is 0 Å². The van der Waals surface area contributed by atoms with Gasteiger partial charge in [0, 0.05) is 26.0 Å². The fourth-order valence-corrected chi connectivity index (χ4v) is 2.22. The Morgan fingerprint density at radius 2 is 1.95 bits per heavy atom. The predicted octanol–water partition coefficient (Wildman–Crippen LogP) is 1.71. The van der Waals surface area contributed by atoms with Gasteiger partial charge in [-0.1, -0.05) is 0 Å². The van der Waals surface area contributed by atoms with Crippen LogP contribution in [0.4, 0.5) is 5.69 Å². The summed E-state index contributed by atoms with van der Waals surface area (Å²) >= 11 is 5.25. The van der Waals surface area contributed by atoms with Crippen molar-refractivity contribution in [1.29, 1.82) is 0 Å². The number of rotatable bonds is 5. The van der Waals surface area contributed by atoms with Gasteiger partial charge in [0.1, 0.15) is 0 Å². The van der Waals surface area contributed by atoms with Crippen LogP contribution in [0.1, 0.15) is 6.92 Å². The van der Waals surface area contributed by atoms with Gasteiger partial charge in [-0.05, 0) is 31.3 Å². The van der Waals surface area contributed by atoms with E-state index in [2.05, 4.69) is 10.6 Å². The Kier molecular flexibility index (Phi) is 4.99. The van der Waals surface area contributed by atoms with Crippen molar-refractivity contribution >= 4 is 23.0 Å². The van der Waals surface area contributed by atoms with Crippen molar-refractivity contribution in [1.82, 2.24) is 5.32 Å². The fourth-order valence-electron chi connectivity index (χ4n) is 1.92. The van der Waals surface area contributed by atoms with E-state index in [1.165, 1.54) is 0 Å². The Labute approximate surface area is 123 Å². The Balaban J connectivity index is 1.91. The van der Waals surface area contributed by atoms with Gasteiger partial charge in [-0.3, -0.25) is 0 Å². The quantitative estimate of drug-likeness (QED) is 0.634. The number of methoxy groups -OCH3 is 2. The minimum Gasteiger partial charge on any atom is -0.454 e. The third-order valence-electron chi connectivity index (χ3n) is 2.86. The first-order chi connectivity index (χ1) is 9.63. The molecule has 0 bridgehead atoms. The molecule has 20 heavy (non-hydrogen) atoms. The van der Waals surface area contributed by atoms with Crippen LogP contribution in [-0.4, -0.2) is 38.5 Å². The molecule has 1 aromatic rings. The summed E-state index contributed by atoms with van der Waals surface area (Å²) in [6.45, 7) is 2.17. The highest BCUT2D eigenvalue weighted by Gasteiger charge is 2.17. The van der Waals surface area contributed by atoms with Crippen molar-refractivity contribution in [2.24, 2.45) is 0 Å². The van der Waals surface area contributed by atoms with Crippen LogP contribution in [0.2, 0.25) is 0 Å². The van der Waals surface area contributed by atoms with Gasteiger partial charge in [0.05, 0.1) is 6.04 Å². The average Bonchev–Trinajstić information content (AvgIpc) is 2.87.